The van der Waals surface area contributed by atoms with Crippen molar-refractivity contribution >= 4 is 11.6 Å². The third-order valence-corrected chi connectivity index (χ3v) is 2.07. The molecule has 3 N–H and O–H groups in total. The van der Waals surface area contributed by atoms with Gasteiger partial charge in [0.25, 0.3) is 6.43 Å². The number of hydrogen-bond acceptors (Lipinski definition) is 3. The monoisotopic (exact) mass is 222 g/mol. The van der Waals surface area contributed by atoms with E-state index >= 15 is 0 Å². The molecule has 0 fully saturated rings. The van der Waals surface area contributed by atoms with Gasteiger partial charge in [0.05, 0.1) is 17.9 Å². The van der Waals surface area contributed by atoms with Crippen LogP contribution in [0.1, 0.15) is 23.2 Å². The fourth-order valence-corrected chi connectivity index (χ4v) is 1.29. The molecule has 0 amide bonds. The maximum absolute atomic E-state index is 12.3. The van der Waals surface area contributed by atoms with Gasteiger partial charge in [-0.3, -0.25) is 0 Å². The molecule has 1 rings (SSSR count). The van der Waals surface area contributed by atoms with Crippen LogP contribution in [-0.2, 0) is 13.2 Å². The second kappa shape index (κ2) is 4.63. The molecule has 78 valence electrons. The summed E-state index contributed by atoms with van der Waals surface area (Å²) in [5, 5.41) is 8.60. The van der Waals surface area contributed by atoms with Crippen molar-refractivity contribution in [3.8, 4) is 0 Å². The van der Waals surface area contributed by atoms with Crippen LogP contribution < -0.4 is 5.73 Å². The van der Waals surface area contributed by atoms with Gasteiger partial charge in [-0.15, -0.1) is 0 Å². The molecule has 0 aliphatic heterocycles. The van der Waals surface area contributed by atoms with E-state index in [2.05, 4.69) is 4.98 Å². The zero-order valence-electron chi connectivity index (χ0n) is 7.17. The molecule has 14 heavy (non-hydrogen) atoms. The fraction of sp³-hybridized carbons (Fsp3) is 0.375. The molecule has 0 aliphatic carbocycles. The van der Waals surface area contributed by atoms with Crippen LogP contribution in [0.4, 0.5) is 8.78 Å². The first-order chi connectivity index (χ1) is 6.60. The Kier molecular flexibility index (Phi) is 3.74. The van der Waals surface area contributed by atoms with Gasteiger partial charge in [-0.25, -0.2) is 13.8 Å². The topological polar surface area (TPSA) is 59.1 Å². The maximum atomic E-state index is 12.3. The summed E-state index contributed by atoms with van der Waals surface area (Å²) in [5.74, 6) is 0. The largest absolute Gasteiger partial charge is 0.392 e. The van der Waals surface area contributed by atoms with E-state index in [4.69, 9.17) is 22.4 Å². The van der Waals surface area contributed by atoms with Crippen molar-refractivity contribution in [1.29, 1.82) is 0 Å². The Morgan fingerprint density at radius 3 is 2.64 bits per heavy atom. The third kappa shape index (κ3) is 2.17. The van der Waals surface area contributed by atoms with Crippen molar-refractivity contribution in [2.75, 3.05) is 0 Å². The lowest BCUT2D eigenvalue weighted by Gasteiger charge is -2.08. The first-order valence-corrected chi connectivity index (χ1v) is 4.25. The van der Waals surface area contributed by atoms with Gasteiger partial charge >= 0.3 is 0 Å². The van der Waals surface area contributed by atoms with Crippen LogP contribution in [0.5, 0.6) is 0 Å². The van der Waals surface area contributed by atoms with Crippen LogP contribution in [-0.4, -0.2) is 10.1 Å². The molecule has 0 bridgehead atoms. The summed E-state index contributed by atoms with van der Waals surface area (Å²) in [6, 6.07) is 1.13. The quantitative estimate of drug-likeness (QED) is 0.765. The first-order valence-electron chi connectivity index (χ1n) is 3.87. The highest BCUT2D eigenvalue weighted by molar-refractivity contribution is 6.30. The summed E-state index contributed by atoms with van der Waals surface area (Å²) in [7, 11) is 0. The molecule has 0 aliphatic rings. The highest BCUT2D eigenvalue weighted by atomic mass is 35.5. The molecular formula is C8H9ClF2N2O. The van der Waals surface area contributed by atoms with E-state index in [0.717, 1.165) is 6.07 Å². The summed E-state index contributed by atoms with van der Waals surface area (Å²) in [6.45, 7) is -0.324. The zero-order chi connectivity index (χ0) is 10.7. The van der Waals surface area contributed by atoms with Crippen molar-refractivity contribution in [3.05, 3.63) is 28.0 Å². The number of aromatic nitrogens is 1. The molecule has 1 heterocycles. The molecule has 3 nitrogen and oxygen atoms in total. The van der Waals surface area contributed by atoms with Gasteiger partial charge in [-0.1, -0.05) is 11.6 Å². The number of nitrogens with two attached hydrogens (primary N) is 1. The predicted octanol–water partition coefficient (Wildman–Crippen LogP) is 1.62. The summed E-state index contributed by atoms with van der Waals surface area (Å²) in [4.78, 5) is 3.68. The van der Waals surface area contributed by atoms with E-state index in [9.17, 15) is 8.78 Å². The van der Waals surface area contributed by atoms with Crippen molar-refractivity contribution in [3.63, 3.8) is 0 Å². The van der Waals surface area contributed by atoms with Crippen molar-refractivity contribution in [2.24, 2.45) is 5.73 Å². The summed E-state index contributed by atoms with van der Waals surface area (Å²) >= 11 is 5.50. The average molecular weight is 223 g/mol. The normalized spacial score (nSPS) is 11.0. The Labute approximate surface area is 84.5 Å². The lowest BCUT2D eigenvalue weighted by Crippen LogP contribution is -2.07. The second-order valence-electron chi connectivity index (χ2n) is 2.64. The molecule has 0 aromatic carbocycles. The number of nitrogens with zero attached hydrogens (tertiary/aromatic N) is 1. The minimum absolute atomic E-state index is 0.0547. The van der Waals surface area contributed by atoms with E-state index < -0.39 is 6.43 Å². The zero-order valence-corrected chi connectivity index (χ0v) is 7.93. The Balaban J connectivity index is 3.23. The summed E-state index contributed by atoms with van der Waals surface area (Å²) in [5.41, 5.74) is 5.54. The smallest absolute Gasteiger partial charge is 0.266 e. The Morgan fingerprint density at radius 2 is 2.21 bits per heavy atom. The van der Waals surface area contributed by atoms with Crippen LogP contribution in [0.3, 0.4) is 0 Å². The molecule has 0 unspecified atom stereocenters. The van der Waals surface area contributed by atoms with Gasteiger partial charge in [-0.05, 0) is 6.07 Å². The number of hydrogen-bond donors (Lipinski definition) is 2. The lowest BCUT2D eigenvalue weighted by atomic mass is 10.1. The van der Waals surface area contributed by atoms with E-state index in [1.54, 1.807) is 0 Å². The number of rotatable bonds is 3. The van der Waals surface area contributed by atoms with E-state index in [1.807, 2.05) is 0 Å². The highest BCUT2D eigenvalue weighted by Gasteiger charge is 2.16. The number of aliphatic hydroxyl groups excluding tert-OH is 1. The number of halogens is 3. The molecule has 1 aromatic rings. The Hall–Kier alpha value is -0.780. The van der Waals surface area contributed by atoms with Gasteiger partial charge in [0, 0.05) is 12.1 Å². The average Bonchev–Trinajstić information content (AvgIpc) is 2.16. The van der Waals surface area contributed by atoms with E-state index in [1.165, 1.54) is 0 Å². The van der Waals surface area contributed by atoms with Crippen LogP contribution in [0.15, 0.2) is 6.07 Å². The van der Waals surface area contributed by atoms with Gasteiger partial charge in [-0.2, -0.15) is 0 Å². The molecule has 0 radical (unpaired) electrons. The number of aliphatic hydroxyl groups is 1. The van der Waals surface area contributed by atoms with Gasteiger partial charge < -0.3 is 10.8 Å². The standard InChI is InChI=1S/C8H9ClF2N2O/c9-7-5(8(10)11)1-4(3-14)6(2-12)13-7/h1,8,14H,2-3,12H2. The number of alkyl halides is 2. The molecule has 0 spiro atoms. The molecule has 0 atom stereocenters. The minimum atomic E-state index is -2.70. The van der Waals surface area contributed by atoms with Crippen molar-refractivity contribution < 1.29 is 13.9 Å². The molecule has 1 aromatic heterocycles. The Morgan fingerprint density at radius 1 is 1.57 bits per heavy atom. The predicted molar refractivity (Wildman–Crippen MR) is 48.0 cm³/mol. The maximum Gasteiger partial charge on any atom is 0.266 e. The van der Waals surface area contributed by atoms with Crippen LogP contribution in [0.25, 0.3) is 0 Å². The van der Waals surface area contributed by atoms with Crippen LogP contribution in [0.2, 0.25) is 5.15 Å². The molecule has 0 saturated heterocycles. The number of pyridine rings is 1. The fourth-order valence-electron chi connectivity index (χ4n) is 1.05. The Bertz CT molecular complexity index is 333. The highest BCUT2D eigenvalue weighted by Crippen LogP contribution is 2.27. The van der Waals surface area contributed by atoms with Gasteiger partial charge in [0.15, 0.2) is 0 Å². The van der Waals surface area contributed by atoms with Gasteiger partial charge in [0.1, 0.15) is 5.15 Å². The summed E-state index contributed by atoms with van der Waals surface area (Å²) in [6.07, 6.45) is -2.70. The molecule has 6 heteroatoms. The van der Waals surface area contributed by atoms with Crippen LogP contribution in [0, 0.1) is 0 Å². The first kappa shape index (κ1) is 11.3. The molecule has 0 saturated carbocycles. The minimum Gasteiger partial charge on any atom is -0.392 e. The van der Waals surface area contributed by atoms with Crippen LogP contribution >= 0.6 is 11.6 Å². The SMILES string of the molecule is NCc1nc(Cl)c(C(F)F)cc1CO. The van der Waals surface area contributed by atoms with Crippen molar-refractivity contribution in [2.45, 2.75) is 19.6 Å². The van der Waals surface area contributed by atoms with Crippen molar-refractivity contribution in [1.82, 2.24) is 4.98 Å². The third-order valence-electron chi connectivity index (χ3n) is 1.77. The second-order valence-corrected chi connectivity index (χ2v) is 3.00. The lowest BCUT2D eigenvalue weighted by molar-refractivity contribution is 0.150. The van der Waals surface area contributed by atoms with Gasteiger partial charge in [0.2, 0.25) is 0 Å². The van der Waals surface area contributed by atoms with E-state index in [0.29, 0.717) is 5.69 Å². The summed E-state index contributed by atoms with van der Waals surface area (Å²) < 4.78 is 24.7. The van der Waals surface area contributed by atoms with E-state index in [-0.39, 0.29) is 29.4 Å². The molecular weight excluding hydrogens is 214 g/mol.